The summed E-state index contributed by atoms with van der Waals surface area (Å²) in [6.07, 6.45) is 0. The second-order valence-corrected chi connectivity index (χ2v) is 3.49. The first kappa shape index (κ1) is 9.29. The molecule has 0 aromatic carbocycles. The molecule has 0 fully saturated rings. The number of nitrogens with zero attached hydrogens (tertiary/aromatic N) is 3. The van der Waals surface area contributed by atoms with Gasteiger partial charge in [-0.3, -0.25) is 4.79 Å². The second-order valence-electron chi connectivity index (χ2n) is 2.68. The predicted octanol–water partition coefficient (Wildman–Crippen LogP) is 0.633. The largest absolute Gasteiger partial charge is 0.324 e. The van der Waals surface area contributed by atoms with Crippen molar-refractivity contribution in [2.45, 2.75) is 0 Å². The summed E-state index contributed by atoms with van der Waals surface area (Å²) in [7, 11) is 0. The molecule has 72 valence electrons. The van der Waals surface area contributed by atoms with E-state index in [2.05, 4.69) is 26.0 Å². The molecule has 0 radical (unpaired) electrons. The summed E-state index contributed by atoms with van der Waals surface area (Å²) in [5, 5.41) is 4.01. The monoisotopic (exact) mass is 254 g/mol. The summed E-state index contributed by atoms with van der Waals surface area (Å²) in [6.45, 7) is -0.0749. The molecule has 0 amide bonds. The summed E-state index contributed by atoms with van der Waals surface area (Å²) < 4.78 is 2.29. The number of carbonyl (C=O) groups is 1. The summed E-state index contributed by atoms with van der Waals surface area (Å²) in [4.78, 5) is 15.3. The molecule has 0 bridgehead atoms. The van der Waals surface area contributed by atoms with Gasteiger partial charge in [0, 0.05) is 0 Å². The molecule has 2 aromatic rings. The minimum Gasteiger partial charge on any atom is -0.324 e. The fourth-order valence-electron chi connectivity index (χ4n) is 1.08. The van der Waals surface area contributed by atoms with Gasteiger partial charge in [-0.1, -0.05) is 6.07 Å². The molecule has 2 N–H and O–H groups in total. The summed E-state index contributed by atoms with van der Waals surface area (Å²) >= 11 is 3.30. The first-order valence-corrected chi connectivity index (χ1v) is 4.76. The van der Waals surface area contributed by atoms with Gasteiger partial charge >= 0.3 is 0 Å². The summed E-state index contributed by atoms with van der Waals surface area (Å²) in [5.74, 6) is -0.111. The van der Waals surface area contributed by atoms with Gasteiger partial charge in [0.25, 0.3) is 0 Å². The molecule has 6 heteroatoms. The van der Waals surface area contributed by atoms with Crippen LogP contribution in [0.3, 0.4) is 0 Å². The van der Waals surface area contributed by atoms with E-state index in [-0.39, 0.29) is 18.2 Å². The number of hydrogen-bond acceptors (Lipinski definition) is 4. The smallest absolute Gasteiger partial charge is 0.219 e. The lowest BCUT2D eigenvalue weighted by Gasteiger charge is -1.92. The van der Waals surface area contributed by atoms with Gasteiger partial charge in [-0.05, 0) is 28.1 Å². The van der Waals surface area contributed by atoms with E-state index in [0.29, 0.717) is 5.65 Å². The predicted molar refractivity (Wildman–Crippen MR) is 54.1 cm³/mol. The molecular formula is C8H7BrN4O. The lowest BCUT2D eigenvalue weighted by Crippen LogP contribution is -2.15. The third kappa shape index (κ3) is 1.42. The molecule has 0 aliphatic heterocycles. The zero-order chi connectivity index (χ0) is 10.1. The van der Waals surface area contributed by atoms with E-state index in [0.717, 1.165) is 4.60 Å². The van der Waals surface area contributed by atoms with Crippen molar-refractivity contribution < 1.29 is 4.79 Å². The highest BCUT2D eigenvalue weighted by atomic mass is 79.9. The van der Waals surface area contributed by atoms with E-state index in [4.69, 9.17) is 5.73 Å². The Morgan fingerprint density at radius 1 is 1.57 bits per heavy atom. The Hall–Kier alpha value is -1.27. The average molecular weight is 255 g/mol. The number of Topliss-reactive ketones (excluding diaryl/α,β-unsaturated/α-hetero) is 1. The Labute approximate surface area is 88.1 Å². The minimum absolute atomic E-state index is 0.0749. The highest BCUT2D eigenvalue weighted by Crippen LogP contribution is 2.11. The van der Waals surface area contributed by atoms with Crippen LogP contribution in [-0.4, -0.2) is 26.9 Å². The molecule has 2 heterocycles. The quantitative estimate of drug-likeness (QED) is 0.631. The zero-order valence-corrected chi connectivity index (χ0v) is 8.73. The fraction of sp³-hybridized carbons (Fsp3) is 0.125. The van der Waals surface area contributed by atoms with Crippen LogP contribution in [0.4, 0.5) is 0 Å². The Kier molecular flexibility index (Phi) is 2.30. The van der Waals surface area contributed by atoms with Crippen LogP contribution in [0.1, 0.15) is 10.6 Å². The van der Waals surface area contributed by atoms with Crippen molar-refractivity contribution in [3.8, 4) is 0 Å². The molecule has 2 aromatic heterocycles. The van der Waals surface area contributed by atoms with Crippen molar-refractivity contribution in [3.05, 3.63) is 28.6 Å². The molecule has 5 nitrogen and oxygen atoms in total. The van der Waals surface area contributed by atoms with Crippen LogP contribution in [0.25, 0.3) is 5.65 Å². The number of hydrogen-bond donors (Lipinski definition) is 1. The van der Waals surface area contributed by atoms with Crippen molar-refractivity contribution in [1.29, 1.82) is 0 Å². The van der Waals surface area contributed by atoms with Crippen molar-refractivity contribution in [2.75, 3.05) is 6.54 Å². The lowest BCUT2D eigenvalue weighted by molar-refractivity contribution is 0.0992. The number of rotatable bonds is 2. The number of halogens is 1. The Bertz CT molecular complexity index is 493. The Morgan fingerprint density at radius 3 is 3.00 bits per heavy atom. The highest BCUT2D eigenvalue weighted by Gasteiger charge is 2.11. The first-order chi connectivity index (χ1) is 6.72. The third-order valence-electron chi connectivity index (χ3n) is 1.75. The van der Waals surface area contributed by atoms with Gasteiger partial charge in [0.05, 0.1) is 6.54 Å². The van der Waals surface area contributed by atoms with E-state index < -0.39 is 0 Å². The van der Waals surface area contributed by atoms with E-state index in [1.54, 1.807) is 10.6 Å². The second kappa shape index (κ2) is 3.47. The van der Waals surface area contributed by atoms with Gasteiger partial charge in [0.1, 0.15) is 4.60 Å². The van der Waals surface area contributed by atoms with Gasteiger partial charge in [-0.25, -0.2) is 9.50 Å². The van der Waals surface area contributed by atoms with Crippen LogP contribution in [-0.2, 0) is 0 Å². The maximum atomic E-state index is 11.2. The van der Waals surface area contributed by atoms with Gasteiger partial charge in [-0.15, -0.1) is 5.10 Å². The Morgan fingerprint density at radius 2 is 2.36 bits per heavy atom. The molecule has 0 unspecified atom stereocenters. The molecule has 0 saturated heterocycles. The number of nitrogens with two attached hydrogens (primary N) is 1. The van der Waals surface area contributed by atoms with Crippen molar-refractivity contribution in [2.24, 2.45) is 5.73 Å². The molecule has 0 atom stereocenters. The van der Waals surface area contributed by atoms with Gasteiger partial charge < -0.3 is 5.73 Å². The van der Waals surface area contributed by atoms with Crippen LogP contribution in [0.2, 0.25) is 0 Å². The number of pyridine rings is 1. The van der Waals surface area contributed by atoms with E-state index in [9.17, 15) is 4.79 Å². The van der Waals surface area contributed by atoms with Crippen LogP contribution >= 0.6 is 15.9 Å². The fourth-order valence-corrected chi connectivity index (χ4v) is 1.50. The number of ketones is 1. The molecule has 0 spiro atoms. The number of aromatic nitrogens is 3. The number of fused-ring (bicyclic) bond motifs is 1. The SMILES string of the molecule is NCC(=O)c1nc2cccc(Br)n2n1. The molecule has 2 rings (SSSR count). The Balaban J connectivity index is 2.62. The van der Waals surface area contributed by atoms with E-state index in [1.165, 1.54) is 0 Å². The summed E-state index contributed by atoms with van der Waals surface area (Å²) in [6, 6.07) is 5.41. The van der Waals surface area contributed by atoms with Gasteiger partial charge in [0.2, 0.25) is 11.6 Å². The van der Waals surface area contributed by atoms with Crippen LogP contribution in [0.5, 0.6) is 0 Å². The lowest BCUT2D eigenvalue weighted by atomic mass is 10.4. The topological polar surface area (TPSA) is 73.3 Å². The molecule has 0 aliphatic rings. The molecular weight excluding hydrogens is 248 g/mol. The van der Waals surface area contributed by atoms with Crippen molar-refractivity contribution in [1.82, 2.24) is 14.6 Å². The van der Waals surface area contributed by atoms with Crippen molar-refractivity contribution in [3.63, 3.8) is 0 Å². The highest BCUT2D eigenvalue weighted by molar-refractivity contribution is 9.10. The molecule has 0 saturated carbocycles. The van der Waals surface area contributed by atoms with Crippen LogP contribution in [0, 0.1) is 0 Å². The standard InChI is InChI=1S/C8H7BrN4O/c9-6-2-1-3-7-11-8(5(14)4-10)12-13(6)7/h1-3H,4,10H2. The maximum Gasteiger partial charge on any atom is 0.219 e. The molecule has 0 aliphatic carbocycles. The van der Waals surface area contributed by atoms with Crippen molar-refractivity contribution >= 4 is 27.4 Å². The average Bonchev–Trinajstić information content (AvgIpc) is 2.62. The zero-order valence-electron chi connectivity index (χ0n) is 7.14. The van der Waals surface area contributed by atoms with Gasteiger partial charge in [-0.2, -0.15) is 0 Å². The maximum absolute atomic E-state index is 11.2. The normalized spacial score (nSPS) is 10.7. The van der Waals surface area contributed by atoms with E-state index in [1.807, 2.05) is 12.1 Å². The minimum atomic E-state index is -0.263. The third-order valence-corrected chi connectivity index (χ3v) is 2.35. The van der Waals surface area contributed by atoms with Crippen LogP contribution in [0.15, 0.2) is 22.8 Å². The first-order valence-electron chi connectivity index (χ1n) is 3.97. The number of carbonyl (C=O) groups excluding carboxylic acids is 1. The van der Waals surface area contributed by atoms with Gasteiger partial charge in [0.15, 0.2) is 5.65 Å². The van der Waals surface area contributed by atoms with Crippen LogP contribution < -0.4 is 5.73 Å². The molecule has 14 heavy (non-hydrogen) atoms. The summed E-state index contributed by atoms with van der Waals surface area (Å²) in [5.41, 5.74) is 5.83. The van der Waals surface area contributed by atoms with E-state index >= 15 is 0 Å².